The van der Waals surface area contributed by atoms with Crippen LogP contribution in [0.25, 0.3) is 58.1 Å². The van der Waals surface area contributed by atoms with Gasteiger partial charge in [-0.3, -0.25) is 19.2 Å². The van der Waals surface area contributed by atoms with Crippen molar-refractivity contribution in [3.05, 3.63) is 336 Å². The highest BCUT2D eigenvalue weighted by Crippen LogP contribution is 2.40. The van der Waals surface area contributed by atoms with Gasteiger partial charge < -0.3 is 19.9 Å². The smallest absolute Gasteiger partial charge is 0.196 e. The molecule has 4 heterocycles. The first-order valence-electron chi connectivity index (χ1n) is 36.5. The quantitative estimate of drug-likeness (QED) is 0.106. The second kappa shape index (κ2) is 38.9. The summed E-state index contributed by atoms with van der Waals surface area (Å²) in [5, 5.41) is 8.57. The van der Waals surface area contributed by atoms with Crippen LogP contribution in [0.2, 0.25) is 0 Å². The summed E-state index contributed by atoms with van der Waals surface area (Å²) in [6.07, 6.45) is 7.48. The highest BCUT2D eigenvalue weighted by Gasteiger charge is 2.31. The van der Waals surface area contributed by atoms with Crippen LogP contribution in [0, 0.1) is 103 Å². The number of hydrogen-bond acceptors (Lipinski definition) is 14. The number of aryl methyl sites for hydroxylation is 14. The Balaban J connectivity index is 0.000000151. The van der Waals surface area contributed by atoms with Crippen LogP contribution in [-0.4, -0.2) is 32.9 Å². The predicted molar refractivity (Wildman–Crippen MR) is 481 cm³/mol. The summed E-state index contributed by atoms with van der Waals surface area (Å²) in [5.41, 5.74) is 30.8. The number of allylic oxidation sites excluding steroid dienone is 4. The van der Waals surface area contributed by atoms with Crippen molar-refractivity contribution in [3.8, 4) is 39.5 Å². The first-order chi connectivity index (χ1) is 52.4. The monoisotopic (exact) mass is 1570 g/mol. The molecule has 0 saturated heterocycles. The lowest BCUT2D eigenvalue weighted by Gasteiger charge is -2.25. The van der Waals surface area contributed by atoms with Gasteiger partial charge in [-0.15, -0.1) is 71.0 Å². The summed E-state index contributed by atoms with van der Waals surface area (Å²) in [6.45, 7) is 30.9. The van der Waals surface area contributed by atoms with Crippen LogP contribution in [0.3, 0.4) is 0 Å². The molecule has 2 N–H and O–H groups in total. The predicted octanol–water partition coefficient (Wildman–Crippen LogP) is 25.4. The fraction of sp³-hybridized carbons (Fsp3) is 0.229. The van der Waals surface area contributed by atoms with Gasteiger partial charge in [-0.25, -0.2) is 0 Å². The first-order valence-corrected chi connectivity index (χ1v) is 41.0. The van der Waals surface area contributed by atoms with Crippen LogP contribution in [-0.2, 0) is 0 Å². The number of carbonyl (C=O) groups is 1. The molecule has 0 saturated carbocycles. The fourth-order valence-electron chi connectivity index (χ4n) is 13.3. The normalized spacial score (nSPS) is 13.2. The van der Waals surface area contributed by atoms with Gasteiger partial charge in [0.15, 0.2) is 22.1 Å². The Kier molecular flexibility index (Phi) is 29.9. The minimum Gasteiger partial charge on any atom is -0.497 e. The van der Waals surface area contributed by atoms with Gasteiger partial charge in [-0.1, -0.05) is 145 Å². The minimum absolute atomic E-state index is 0.00509. The van der Waals surface area contributed by atoms with E-state index in [4.69, 9.17) is 19.9 Å². The van der Waals surface area contributed by atoms with Crippen LogP contribution >= 0.6 is 71.0 Å². The van der Waals surface area contributed by atoms with Crippen molar-refractivity contribution in [2.24, 2.45) is 5.92 Å². The maximum atomic E-state index is 12.8. The molecule has 3 aromatic heterocycles. The third-order valence-corrected chi connectivity index (χ3v) is 23.2. The second-order valence-corrected chi connectivity index (χ2v) is 33.4. The zero-order valence-electron chi connectivity index (χ0n) is 66.2. The fourth-order valence-corrected chi connectivity index (χ4v) is 18.7. The number of nitrogens with two attached hydrogens (primary N) is 1. The molecule has 0 amide bonds. The van der Waals surface area contributed by atoms with Gasteiger partial charge >= 0.3 is 0 Å². The van der Waals surface area contributed by atoms with Crippen LogP contribution in [0.5, 0.6) is 17.2 Å². The lowest BCUT2D eigenvalue weighted by Crippen LogP contribution is -2.21. The summed E-state index contributed by atoms with van der Waals surface area (Å²) in [4.78, 5) is 54.1. The number of hydrogen-bond donors (Lipinski definition) is 3. The number of benzene rings is 10. The van der Waals surface area contributed by atoms with Crippen molar-refractivity contribution in [3.63, 3.8) is 0 Å². The Morgan fingerprint density at radius 2 is 0.782 bits per heavy atom. The van der Waals surface area contributed by atoms with E-state index in [0.29, 0.717) is 5.92 Å². The first kappa shape index (κ1) is 84.5. The SMILES string of the molecule is COc1cc(C)cc(N)c1.COc1cc(S)cc(OC)c1.Cc1cc(C)c2c(=O)c(C3=CCC(C)C=C3)csc2c1.Cc1cc(C)cc(S)c1.Cc1ccc(-c2csc3cc(C)cc(C)c3c2=O)cc1.Cc1ccc(-c2csc3cc(C)cc(C)c3c2=O)cc1.Cc1ccc(C2CSc3cc(C)cc(C)c3C2=O)cc1. The standard InChI is InChI=1S/2C18H18OS.2C18H16OS.C8H11NO.C8H10O2S.C8H10S/c4*1-11-4-6-14(7-5-11)15-10-20-16-9-12(2)8-13(3)17(16)18(15)19;1-6-3-7(9)5-8(4-6)10-2;1-9-6-3-7(10-2)5-8(11)4-6;1-6-3-7(2)5-8(9)4-6/h4,6-11H,5H2,1-3H3;4-9,15H,10H2,1-3H3;2*4-10H,1-3H3;3-5H,9H2,1-2H3;3-5,11H,1-2H3;3-5,9H,1-2H3. The number of Topliss-reactive ketones (excluding diaryl/α,β-unsaturated/α-hetero) is 1. The molecule has 13 aromatic rings. The topological polar surface area (TPSA) is 122 Å². The zero-order valence-corrected chi connectivity index (χ0v) is 71.3. The van der Waals surface area contributed by atoms with Gasteiger partial charge in [0.2, 0.25) is 0 Å². The van der Waals surface area contributed by atoms with Gasteiger partial charge in [0.1, 0.15) is 17.2 Å². The number of rotatable bonds is 7. The third-order valence-electron chi connectivity index (χ3n) is 18.8. The van der Waals surface area contributed by atoms with E-state index in [1.165, 1.54) is 50.1 Å². The van der Waals surface area contributed by atoms with Crippen LogP contribution in [0.15, 0.2) is 239 Å². The molecule has 110 heavy (non-hydrogen) atoms. The maximum Gasteiger partial charge on any atom is 0.196 e. The summed E-state index contributed by atoms with van der Waals surface area (Å²) in [6, 6.07) is 58.7. The average Bonchev–Trinajstić information content (AvgIpc) is 0.796. The molecule has 0 radical (unpaired) electrons. The summed E-state index contributed by atoms with van der Waals surface area (Å²) >= 11 is 15.2. The number of ketones is 1. The van der Waals surface area contributed by atoms with E-state index < -0.39 is 0 Å². The van der Waals surface area contributed by atoms with Crippen molar-refractivity contribution >= 4 is 118 Å². The maximum absolute atomic E-state index is 12.8. The molecule has 2 atom stereocenters. The third kappa shape index (κ3) is 22.4. The molecule has 8 nitrogen and oxygen atoms in total. The molecule has 2 aliphatic rings. The molecule has 0 fully saturated rings. The van der Waals surface area contributed by atoms with Crippen molar-refractivity contribution in [2.75, 3.05) is 32.8 Å². The number of thioether (sulfide) groups is 1. The van der Waals surface area contributed by atoms with Crippen LogP contribution in [0.4, 0.5) is 5.69 Å². The summed E-state index contributed by atoms with van der Waals surface area (Å²) in [5.74, 6) is 4.02. The number of nitrogen functional groups attached to an aromatic ring is 1. The van der Waals surface area contributed by atoms with Crippen molar-refractivity contribution in [1.82, 2.24) is 0 Å². The van der Waals surface area contributed by atoms with Crippen molar-refractivity contribution < 1.29 is 19.0 Å². The van der Waals surface area contributed by atoms with E-state index in [-0.39, 0.29) is 28.0 Å². The molecule has 10 aromatic carbocycles. The van der Waals surface area contributed by atoms with E-state index in [1.807, 2.05) is 135 Å². The highest BCUT2D eigenvalue weighted by molar-refractivity contribution is 7.99. The Hall–Kier alpha value is -9.51. The van der Waals surface area contributed by atoms with E-state index in [1.54, 1.807) is 67.5 Å². The molecule has 0 spiro atoms. The number of ether oxygens (including phenoxy) is 3. The largest absolute Gasteiger partial charge is 0.497 e. The molecular weight excluding hydrogens is 1470 g/mol. The van der Waals surface area contributed by atoms with Crippen molar-refractivity contribution in [2.45, 2.75) is 131 Å². The average molecular weight is 1570 g/mol. The second-order valence-electron chi connectivity index (χ2n) is 28.6. The zero-order chi connectivity index (χ0) is 79.8. The minimum atomic E-state index is -0.00509. The molecular formula is C96H99NO7S6. The molecule has 0 bridgehead atoms. The molecule has 15 rings (SSSR count). The summed E-state index contributed by atoms with van der Waals surface area (Å²) < 4.78 is 18.2. The van der Waals surface area contributed by atoms with Crippen LogP contribution < -0.4 is 36.2 Å². The number of fused-ring (bicyclic) bond motifs is 4. The lowest BCUT2D eigenvalue weighted by molar-refractivity contribution is 0.0962. The Bertz CT molecular complexity index is 5490. The Labute approximate surface area is 676 Å². The number of thiol groups is 2. The van der Waals surface area contributed by atoms with Gasteiger partial charge in [0, 0.05) is 107 Å². The number of anilines is 1. The van der Waals surface area contributed by atoms with Gasteiger partial charge in [0.05, 0.1) is 27.2 Å². The van der Waals surface area contributed by atoms with Crippen LogP contribution in [0.1, 0.15) is 119 Å². The summed E-state index contributed by atoms with van der Waals surface area (Å²) in [7, 11) is 4.86. The molecule has 1 aliphatic heterocycles. The van der Waals surface area contributed by atoms with E-state index in [2.05, 4.69) is 204 Å². The molecule has 14 heteroatoms. The number of carbonyl (C=O) groups excluding carboxylic acids is 1. The van der Waals surface area contributed by atoms with E-state index >= 15 is 0 Å². The molecule has 2 unspecified atom stereocenters. The number of methoxy groups -OCH3 is 3. The van der Waals surface area contributed by atoms with Gasteiger partial charge in [-0.05, 0) is 253 Å². The van der Waals surface area contributed by atoms with Gasteiger partial charge in [0.25, 0.3) is 0 Å². The highest BCUT2D eigenvalue weighted by atomic mass is 32.2. The van der Waals surface area contributed by atoms with Gasteiger partial charge in [-0.2, -0.15) is 0 Å². The lowest BCUT2D eigenvalue weighted by atomic mass is 9.89. The van der Waals surface area contributed by atoms with E-state index in [0.717, 1.165) is 152 Å². The van der Waals surface area contributed by atoms with E-state index in [9.17, 15) is 19.2 Å². The molecule has 1 aliphatic carbocycles. The van der Waals surface area contributed by atoms with Crippen molar-refractivity contribution in [1.29, 1.82) is 0 Å². The Morgan fingerprint density at radius 1 is 0.400 bits per heavy atom. The Morgan fingerprint density at radius 3 is 1.20 bits per heavy atom. The molecule has 566 valence electrons.